The van der Waals surface area contributed by atoms with E-state index in [9.17, 15) is 4.79 Å². The number of hydrogen-bond donors (Lipinski definition) is 0. The van der Waals surface area contributed by atoms with E-state index in [1.807, 2.05) is 35.5 Å². The number of carbonyl (C=O) groups is 1. The van der Waals surface area contributed by atoms with Gasteiger partial charge in [0.05, 0.1) is 0 Å². The summed E-state index contributed by atoms with van der Waals surface area (Å²) in [5, 5.41) is 0. The zero-order valence-corrected chi connectivity index (χ0v) is 14.1. The Morgan fingerprint density at radius 1 is 1.12 bits per heavy atom. The molecule has 0 aliphatic carbocycles. The number of ether oxygens (including phenoxy) is 1. The lowest BCUT2D eigenvalue weighted by atomic mass is 10.2. The van der Waals surface area contributed by atoms with Crippen molar-refractivity contribution in [1.29, 1.82) is 0 Å². The molecule has 0 atom stereocenters. The molecule has 1 fully saturated rings. The molecule has 0 radical (unpaired) electrons. The maximum absolute atomic E-state index is 11.8. The third-order valence-electron chi connectivity index (χ3n) is 4.40. The van der Waals surface area contributed by atoms with Crippen LogP contribution in [0.2, 0.25) is 0 Å². The lowest BCUT2D eigenvalue weighted by molar-refractivity contribution is -0.136. The summed E-state index contributed by atoms with van der Waals surface area (Å²) < 4.78 is 7.11. The van der Waals surface area contributed by atoms with E-state index >= 15 is 0 Å². The quantitative estimate of drug-likeness (QED) is 0.803. The van der Waals surface area contributed by atoms with Crippen LogP contribution in [0.3, 0.4) is 0 Å². The average Bonchev–Trinajstić information content (AvgIpc) is 3.10. The Morgan fingerprint density at radius 2 is 1.88 bits per heavy atom. The minimum atomic E-state index is 0.0816. The molecule has 6 nitrogen and oxygen atoms in total. The lowest BCUT2D eigenvalue weighted by Gasteiger charge is -2.34. The van der Waals surface area contributed by atoms with Gasteiger partial charge >= 0.3 is 0 Å². The van der Waals surface area contributed by atoms with Crippen molar-refractivity contribution in [2.45, 2.75) is 6.54 Å². The van der Waals surface area contributed by atoms with Gasteiger partial charge in [0, 0.05) is 64.3 Å². The summed E-state index contributed by atoms with van der Waals surface area (Å²) in [6.45, 7) is 5.40. The van der Waals surface area contributed by atoms with Gasteiger partial charge in [0.15, 0.2) is 0 Å². The topological polar surface area (TPSA) is 50.6 Å². The van der Waals surface area contributed by atoms with Crippen molar-refractivity contribution in [3.05, 3.63) is 42.7 Å². The highest BCUT2D eigenvalue weighted by Crippen LogP contribution is 2.16. The zero-order chi connectivity index (χ0) is 16.8. The van der Waals surface area contributed by atoms with Crippen molar-refractivity contribution in [2.24, 2.45) is 0 Å². The molecule has 1 saturated heterocycles. The monoisotopic (exact) mass is 328 g/mol. The Bertz CT molecular complexity index is 648. The molecular formula is C18H24N4O2. The second-order valence-corrected chi connectivity index (χ2v) is 5.97. The molecule has 0 bridgehead atoms. The van der Waals surface area contributed by atoms with Gasteiger partial charge in [-0.3, -0.25) is 9.69 Å². The molecule has 24 heavy (non-hydrogen) atoms. The Morgan fingerprint density at radius 3 is 2.58 bits per heavy atom. The first kappa shape index (κ1) is 16.7. The first-order chi connectivity index (χ1) is 11.8. The van der Waals surface area contributed by atoms with Gasteiger partial charge in [0.25, 0.3) is 0 Å². The minimum absolute atomic E-state index is 0.0816. The van der Waals surface area contributed by atoms with Crippen molar-refractivity contribution in [3.8, 4) is 11.4 Å². The summed E-state index contributed by atoms with van der Waals surface area (Å²) in [5.41, 5.74) is 1.14. The predicted octanol–water partition coefficient (Wildman–Crippen LogP) is 1.34. The van der Waals surface area contributed by atoms with Crippen molar-refractivity contribution < 1.29 is 9.53 Å². The smallest absolute Gasteiger partial charge is 0.248 e. The maximum Gasteiger partial charge on any atom is 0.248 e. The lowest BCUT2D eigenvalue weighted by Crippen LogP contribution is -2.50. The van der Waals surface area contributed by atoms with Gasteiger partial charge in [-0.05, 0) is 0 Å². The molecule has 0 unspecified atom stereocenters. The molecule has 1 aromatic carbocycles. The van der Waals surface area contributed by atoms with Crippen LogP contribution >= 0.6 is 0 Å². The van der Waals surface area contributed by atoms with Crippen molar-refractivity contribution in [3.63, 3.8) is 0 Å². The first-order valence-corrected chi connectivity index (χ1v) is 8.33. The number of hydrogen-bond acceptors (Lipinski definition) is 4. The van der Waals surface area contributed by atoms with Crippen LogP contribution in [0.25, 0.3) is 11.4 Å². The molecule has 2 aromatic rings. The number of piperazine rings is 1. The predicted molar refractivity (Wildman–Crippen MR) is 92.6 cm³/mol. The summed E-state index contributed by atoms with van der Waals surface area (Å²) in [7, 11) is 1.56. The van der Waals surface area contributed by atoms with Crippen LogP contribution in [0.5, 0.6) is 0 Å². The minimum Gasteiger partial charge on any atom is -0.375 e. The van der Waals surface area contributed by atoms with Gasteiger partial charge in [0.1, 0.15) is 12.4 Å². The third-order valence-corrected chi connectivity index (χ3v) is 4.40. The summed E-state index contributed by atoms with van der Waals surface area (Å²) in [6, 6.07) is 10.2. The molecule has 0 spiro atoms. The Kier molecular flexibility index (Phi) is 5.61. The van der Waals surface area contributed by atoms with Crippen LogP contribution in [0.4, 0.5) is 0 Å². The molecule has 0 saturated carbocycles. The van der Waals surface area contributed by atoms with Crippen molar-refractivity contribution >= 4 is 5.91 Å². The van der Waals surface area contributed by atoms with Crippen LogP contribution < -0.4 is 0 Å². The summed E-state index contributed by atoms with van der Waals surface area (Å²) in [4.78, 5) is 20.6. The van der Waals surface area contributed by atoms with E-state index in [4.69, 9.17) is 4.74 Å². The fraction of sp³-hybridized carbons (Fsp3) is 0.444. The Hall–Kier alpha value is -2.18. The van der Waals surface area contributed by atoms with Crippen LogP contribution in [0, 0.1) is 0 Å². The molecule has 1 amide bonds. The van der Waals surface area contributed by atoms with Crippen molar-refractivity contribution in [1.82, 2.24) is 19.4 Å². The van der Waals surface area contributed by atoms with E-state index in [2.05, 4.69) is 26.6 Å². The fourth-order valence-electron chi connectivity index (χ4n) is 3.02. The number of benzene rings is 1. The van der Waals surface area contributed by atoms with Crippen LogP contribution in [-0.4, -0.2) is 71.7 Å². The number of carbonyl (C=O) groups excluding carboxylic acids is 1. The normalized spacial score (nSPS) is 15.6. The van der Waals surface area contributed by atoms with Crippen LogP contribution in [0.15, 0.2) is 42.7 Å². The van der Waals surface area contributed by atoms with Crippen LogP contribution in [0.1, 0.15) is 0 Å². The van der Waals surface area contributed by atoms with E-state index in [1.54, 1.807) is 7.11 Å². The first-order valence-electron chi connectivity index (χ1n) is 8.33. The summed E-state index contributed by atoms with van der Waals surface area (Å²) in [6.07, 6.45) is 3.88. The zero-order valence-electron chi connectivity index (χ0n) is 14.1. The molecule has 1 aromatic heterocycles. The highest BCUT2D eigenvalue weighted by Gasteiger charge is 2.20. The average molecular weight is 328 g/mol. The maximum atomic E-state index is 11.8. The number of nitrogens with zero attached hydrogens (tertiary/aromatic N) is 4. The largest absolute Gasteiger partial charge is 0.375 e. The number of imidazole rings is 1. The van der Waals surface area contributed by atoms with Gasteiger partial charge in [0.2, 0.25) is 5.91 Å². The standard InChI is InChI=1S/C18H24N4O2/c1-24-15-17(23)21-12-9-20(10-13-21)11-14-22-8-7-19-18(22)16-5-3-2-4-6-16/h2-8H,9-15H2,1H3. The fourth-order valence-corrected chi connectivity index (χ4v) is 3.02. The van der Waals surface area contributed by atoms with Gasteiger partial charge in [-0.2, -0.15) is 0 Å². The Labute approximate surface area is 142 Å². The van der Waals surface area contributed by atoms with E-state index in [0.717, 1.165) is 50.7 Å². The number of aromatic nitrogens is 2. The highest BCUT2D eigenvalue weighted by atomic mass is 16.5. The second kappa shape index (κ2) is 8.08. The molecular weight excluding hydrogens is 304 g/mol. The molecule has 2 heterocycles. The van der Waals surface area contributed by atoms with Gasteiger partial charge < -0.3 is 14.2 Å². The van der Waals surface area contributed by atoms with E-state index in [0.29, 0.717) is 0 Å². The van der Waals surface area contributed by atoms with Gasteiger partial charge in [-0.25, -0.2) is 4.98 Å². The summed E-state index contributed by atoms with van der Waals surface area (Å²) in [5.74, 6) is 1.09. The Balaban J connectivity index is 1.51. The number of rotatable bonds is 6. The van der Waals surface area contributed by atoms with E-state index in [-0.39, 0.29) is 12.5 Å². The third kappa shape index (κ3) is 4.01. The number of amides is 1. The molecule has 6 heteroatoms. The summed E-state index contributed by atoms with van der Waals surface area (Å²) >= 11 is 0. The van der Waals surface area contributed by atoms with E-state index in [1.165, 1.54) is 0 Å². The molecule has 1 aliphatic heterocycles. The van der Waals surface area contributed by atoms with E-state index < -0.39 is 0 Å². The molecule has 1 aliphatic rings. The van der Waals surface area contributed by atoms with Gasteiger partial charge in [-0.1, -0.05) is 30.3 Å². The molecule has 128 valence electrons. The second-order valence-electron chi connectivity index (χ2n) is 5.97. The molecule has 3 rings (SSSR count). The highest BCUT2D eigenvalue weighted by molar-refractivity contribution is 5.77. The van der Waals surface area contributed by atoms with Crippen molar-refractivity contribution in [2.75, 3.05) is 46.4 Å². The SMILES string of the molecule is COCC(=O)N1CCN(CCn2ccnc2-c2ccccc2)CC1. The molecule has 0 N–H and O–H groups in total. The van der Waals surface area contributed by atoms with Crippen LogP contribution in [-0.2, 0) is 16.1 Å². The van der Waals surface area contributed by atoms with Gasteiger partial charge in [-0.15, -0.1) is 0 Å². The number of methoxy groups -OCH3 is 1.